The van der Waals surface area contributed by atoms with Crippen LogP contribution in [-0.4, -0.2) is 35.6 Å². The molecule has 1 aromatic heterocycles. The van der Waals surface area contributed by atoms with Gasteiger partial charge < -0.3 is 10.0 Å². The lowest BCUT2D eigenvalue weighted by Crippen LogP contribution is -2.34. The van der Waals surface area contributed by atoms with E-state index in [0.29, 0.717) is 19.5 Å². The minimum atomic E-state index is 0.0318. The molecule has 0 saturated heterocycles. The van der Waals surface area contributed by atoms with Crippen molar-refractivity contribution in [3.05, 3.63) is 22.4 Å². The van der Waals surface area contributed by atoms with Gasteiger partial charge >= 0.3 is 0 Å². The van der Waals surface area contributed by atoms with E-state index in [1.165, 1.54) is 0 Å². The summed E-state index contributed by atoms with van der Waals surface area (Å²) in [5.74, 6) is 0.0870. The molecule has 14 heavy (non-hydrogen) atoms. The molecule has 1 aromatic rings. The third-order valence-electron chi connectivity index (χ3n) is 2.01. The summed E-state index contributed by atoms with van der Waals surface area (Å²) >= 11 is 1.59. The predicted octanol–water partition coefficient (Wildman–Crippen LogP) is 1.13. The van der Waals surface area contributed by atoms with E-state index in [4.69, 9.17) is 5.11 Å². The standard InChI is InChI=1S/C10H15NO2S/c1-2-11(5-6-12)10(13)8-9-4-3-7-14-9/h3-4,7,12H,2,5-6,8H2,1H3. The molecule has 0 aliphatic carbocycles. The van der Waals surface area contributed by atoms with Crippen LogP contribution in [0.1, 0.15) is 11.8 Å². The average molecular weight is 213 g/mol. The smallest absolute Gasteiger partial charge is 0.227 e. The maximum absolute atomic E-state index is 11.7. The molecule has 0 spiro atoms. The van der Waals surface area contributed by atoms with Gasteiger partial charge in [-0.2, -0.15) is 0 Å². The van der Waals surface area contributed by atoms with Gasteiger partial charge in [0.25, 0.3) is 0 Å². The zero-order valence-corrected chi connectivity index (χ0v) is 9.09. The second kappa shape index (κ2) is 5.78. The maximum atomic E-state index is 11.7. The van der Waals surface area contributed by atoms with Crippen molar-refractivity contribution >= 4 is 17.2 Å². The molecule has 0 bridgehead atoms. The maximum Gasteiger partial charge on any atom is 0.227 e. The van der Waals surface area contributed by atoms with Crippen molar-refractivity contribution in [1.82, 2.24) is 4.90 Å². The summed E-state index contributed by atoms with van der Waals surface area (Å²) in [4.78, 5) is 14.4. The highest BCUT2D eigenvalue weighted by molar-refractivity contribution is 7.10. The second-order valence-electron chi connectivity index (χ2n) is 2.95. The number of rotatable bonds is 5. The highest BCUT2D eigenvalue weighted by Gasteiger charge is 2.11. The van der Waals surface area contributed by atoms with Crippen molar-refractivity contribution in [3.8, 4) is 0 Å². The Labute approximate surface area is 88.0 Å². The number of nitrogens with zero attached hydrogens (tertiary/aromatic N) is 1. The van der Waals surface area contributed by atoms with Crippen molar-refractivity contribution in [2.45, 2.75) is 13.3 Å². The molecule has 0 radical (unpaired) electrons. The van der Waals surface area contributed by atoms with E-state index in [-0.39, 0.29) is 12.5 Å². The van der Waals surface area contributed by atoms with E-state index in [9.17, 15) is 4.79 Å². The van der Waals surface area contributed by atoms with Crippen LogP contribution in [-0.2, 0) is 11.2 Å². The fraction of sp³-hybridized carbons (Fsp3) is 0.500. The Hall–Kier alpha value is -0.870. The van der Waals surface area contributed by atoms with Gasteiger partial charge in [0.05, 0.1) is 13.0 Å². The first-order valence-corrected chi connectivity index (χ1v) is 5.57. The van der Waals surface area contributed by atoms with Gasteiger partial charge in [0.2, 0.25) is 5.91 Å². The molecule has 4 heteroatoms. The molecule has 0 aromatic carbocycles. The Bertz CT molecular complexity index is 272. The van der Waals surface area contributed by atoms with Crippen molar-refractivity contribution in [2.24, 2.45) is 0 Å². The number of hydrogen-bond donors (Lipinski definition) is 1. The van der Waals surface area contributed by atoms with Crippen LogP contribution in [0.2, 0.25) is 0 Å². The van der Waals surface area contributed by atoms with Crippen LogP contribution in [0.15, 0.2) is 17.5 Å². The van der Waals surface area contributed by atoms with Gasteiger partial charge in [-0.25, -0.2) is 0 Å². The number of hydrogen-bond acceptors (Lipinski definition) is 3. The normalized spacial score (nSPS) is 10.1. The Morgan fingerprint density at radius 3 is 2.93 bits per heavy atom. The second-order valence-corrected chi connectivity index (χ2v) is 3.99. The van der Waals surface area contributed by atoms with Crippen molar-refractivity contribution < 1.29 is 9.90 Å². The van der Waals surface area contributed by atoms with Gasteiger partial charge in [-0.05, 0) is 18.4 Å². The molecule has 78 valence electrons. The SMILES string of the molecule is CCN(CCO)C(=O)Cc1cccs1. The largest absolute Gasteiger partial charge is 0.395 e. The first kappa shape index (κ1) is 11.2. The fourth-order valence-electron chi connectivity index (χ4n) is 1.25. The first-order valence-electron chi connectivity index (χ1n) is 4.69. The first-order chi connectivity index (χ1) is 6.77. The predicted molar refractivity (Wildman–Crippen MR) is 57.4 cm³/mol. The minimum absolute atomic E-state index is 0.0318. The summed E-state index contributed by atoms with van der Waals surface area (Å²) in [5, 5.41) is 10.7. The molecule has 1 rings (SSSR count). The van der Waals surface area contributed by atoms with E-state index in [2.05, 4.69) is 0 Å². The Balaban J connectivity index is 2.47. The monoisotopic (exact) mass is 213 g/mol. The van der Waals surface area contributed by atoms with Crippen LogP contribution in [0, 0.1) is 0 Å². The summed E-state index contributed by atoms with van der Waals surface area (Å²) in [6.45, 7) is 3.04. The van der Waals surface area contributed by atoms with E-state index >= 15 is 0 Å². The molecule has 1 amide bonds. The zero-order chi connectivity index (χ0) is 10.4. The van der Waals surface area contributed by atoms with Gasteiger partial charge in [-0.15, -0.1) is 11.3 Å². The average Bonchev–Trinajstić information content (AvgIpc) is 2.66. The highest BCUT2D eigenvalue weighted by Crippen LogP contribution is 2.10. The number of thiophene rings is 1. The lowest BCUT2D eigenvalue weighted by molar-refractivity contribution is -0.130. The van der Waals surface area contributed by atoms with Crippen molar-refractivity contribution in [2.75, 3.05) is 19.7 Å². The molecule has 0 saturated carbocycles. The minimum Gasteiger partial charge on any atom is -0.395 e. The van der Waals surface area contributed by atoms with Crippen LogP contribution < -0.4 is 0 Å². The van der Waals surface area contributed by atoms with Gasteiger partial charge in [0, 0.05) is 18.0 Å². The third-order valence-corrected chi connectivity index (χ3v) is 2.89. The quantitative estimate of drug-likeness (QED) is 0.796. The zero-order valence-electron chi connectivity index (χ0n) is 8.27. The third kappa shape index (κ3) is 3.12. The van der Waals surface area contributed by atoms with Gasteiger partial charge in [-0.3, -0.25) is 4.79 Å². The van der Waals surface area contributed by atoms with E-state index in [1.807, 2.05) is 24.4 Å². The summed E-state index contributed by atoms with van der Waals surface area (Å²) < 4.78 is 0. The molecule has 1 heterocycles. The van der Waals surface area contributed by atoms with E-state index in [1.54, 1.807) is 16.2 Å². The van der Waals surface area contributed by atoms with Crippen LogP contribution in [0.3, 0.4) is 0 Å². The lowest BCUT2D eigenvalue weighted by atomic mass is 10.3. The van der Waals surface area contributed by atoms with E-state index in [0.717, 1.165) is 4.88 Å². The number of aliphatic hydroxyl groups excluding tert-OH is 1. The molecule has 3 nitrogen and oxygen atoms in total. The topological polar surface area (TPSA) is 40.5 Å². The number of likely N-dealkylation sites (N-methyl/N-ethyl adjacent to an activating group) is 1. The number of aliphatic hydroxyl groups is 1. The van der Waals surface area contributed by atoms with Crippen LogP contribution in [0.4, 0.5) is 0 Å². The van der Waals surface area contributed by atoms with Crippen molar-refractivity contribution in [3.63, 3.8) is 0 Å². The molecule has 0 fully saturated rings. The lowest BCUT2D eigenvalue weighted by Gasteiger charge is -2.19. The summed E-state index contributed by atoms with van der Waals surface area (Å²) in [5.41, 5.74) is 0. The van der Waals surface area contributed by atoms with Gasteiger partial charge in [0.1, 0.15) is 0 Å². The Kier molecular flexibility index (Phi) is 4.62. The molecular formula is C10H15NO2S. The molecule has 1 N–H and O–H groups in total. The number of amides is 1. The van der Waals surface area contributed by atoms with Crippen molar-refractivity contribution in [1.29, 1.82) is 0 Å². The Morgan fingerprint density at radius 2 is 2.43 bits per heavy atom. The van der Waals surface area contributed by atoms with Crippen LogP contribution in [0.5, 0.6) is 0 Å². The molecule has 0 unspecified atom stereocenters. The summed E-state index contributed by atoms with van der Waals surface area (Å²) in [6.07, 6.45) is 0.450. The van der Waals surface area contributed by atoms with Crippen LogP contribution >= 0.6 is 11.3 Å². The number of carbonyl (C=O) groups is 1. The fourth-order valence-corrected chi connectivity index (χ4v) is 1.95. The van der Waals surface area contributed by atoms with Crippen LogP contribution in [0.25, 0.3) is 0 Å². The van der Waals surface area contributed by atoms with Gasteiger partial charge in [-0.1, -0.05) is 6.07 Å². The van der Waals surface area contributed by atoms with E-state index < -0.39 is 0 Å². The Morgan fingerprint density at radius 1 is 1.64 bits per heavy atom. The summed E-state index contributed by atoms with van der Waals surface area (Å²) in [6, 6.07) is 3.89. The van der Waals surface area contributed by atoms with Gasteiger partial charge in [0.15, 0.2) is 0 Å². The highest BCUT2D eigenvalue weighted by atomic mass is 32.1. The summed E-state index contributed by atoms with van der Waals surface area (Å²) in [7, 11) is 0. The molecule has 0 atom stereocenters. The molecular weight excluding hydrogens is 198 g/mol. The number of carbonyl (C=O) groups excluding carboxylic acids is 1. The molecule has 0 aliphatic heterocycles. The molecule has 0 aliphatic rings.